The van der Waals surface area contributed by atoms with Gasteiger partial charge >= 0.3 is 0 Å². The molecule has 22 nitrogen and oxygen atoms in total. The number of hydrogen-bond donors (Lipinski definition) is 14. The molecule has 7 unspecified atom stereocenters. The summed E-state index contributed by atoms with van der Waals surface area (Å²) in [5.74, 6) is -5.53. The van der Waals surface area contributed by atoms with Gasteiger partial charge in [0, 0.05) is 17.7 Å². The molecule has 0 spiro atoms. The normalized spacial score (nSPS) is 36.8. The Kier molecular flexibility index (Phi) is 11.6. The maximum absolute atomic E-state index is 14.1. The molecule has 3 aliphatic heterocycles. The maximum Gasteiger partial charge on any atom is 0.239 e. The van der Waals surface area contributed by atoms with Crippen molar-refractivity contribution in [1.29, 1.82) is 0 Å². The van der Waals surface area contributed by atoms with Crippen LogP contribution in [0.2, 0.25) is 0 Å². The third-order valence-electron chi connectivity index (χ3n) is 9.47. The van der Waals surface area contributed by atoms with Gasteiger partial charge < -0.3 is 104 Å². The number of benzene rings is 2. The van der Waals surface area contributed by atoms with Crippen molar-refractivity contribution < 1.29 is 104 Å². The fourth-order valence-electron chi connectivity index (χ4n) is 6.27. The summed E-state index contributed by atoms with van der Waals surface area (Å²) < 4.78 is 38.9. The number of aromatic hydroxyl groups is 4. The molecule has 0 amide bonds. The first-order valence-corrected chi connectivity index (χ1v) is 16.7. The molecular weight excluding hydrogens is 748 g/mol. The Balaban J connectivity index is 1.36. The summed E-state index contributed by atoms with van der Waals surface area (Å²) in [6.45, 7) is -0.0894. The predicted molar refractivity (Wildman–Crippen MR) is 175 cm³/mol. The van der Waals surface area contributed by atoms with E-state index >= 15 is 0 Å². The molecule has 15 atom stereocenters. The molecule has 4 heterocycles. The molecule has 0 bridgehead atoms. The Morgan fingerprint density at radius 2 is 1.16 bits per heavy atom. The van der Waals surface area contributed by atoms with Crippen molar-refractivity contribution in [2.45, 2.75) is 99.0 Å². The third kappa shape index (κ3) is 7.58. The summed E-state index contributed by atoms with van der Waals surface area (Å²) in [5, 5.41) is 144. The first-order valence-electron chi connectivity index (χ1n) is 16.7. The van der Waals surface area contributed by atoms with Gasteiger partial charge in [-0.1, -0.05) is 0 Å². The van der Waals surface area contributed by atoms with E-state index in [0.29, 0.717) is 0 Å². The Bertz CT molecular complexity index is 1880. The second kappa shape index (κ2) is 15.8. The molecule has 0 saturated carbocycles. The Labute approximate surface area is 307 Å². The van der Waals surface area contributed by atoms with E-state index in [-0.39, 0.29) is 11.3 Å². The van der Waals surface area contributed by atoms with Crippen molar-refractivity contribution in [3.63, 3.8) is 0 Å². The van der Waals surface area contributed by atoms with Crippen LogP contribution in [-0.4, -0.2) is 177 Å². The van der Waals surface area contributed by atoms with Crippen LogP contribution in [0.15, 0.2) is 33.5 Å². The Morgan fingerprint density at radius 1 is 0.618 bits per heavy atom. The van der Waals surface area contributed by atoms with Gasteiger partial charge in [-0.3, -0.25) is 4.79 Å². The summed E-state index contributed by atoms with van der Waals surface area (Å²) in [6, 6.07) is 3.52. The summed E-state index contributed by atoms with van der Waals surface area (Å²) in [4.78, 5) is 14.1. The van der Waals surface area contributed by atoms with Crippen LogP contribution in [0.5, 0.6) is 34.5 Å². The molecule has 2 aromatic carbocycles. The number of aliphatic hydroxyl groups is 10. The van der Waals surface area contributed by atoms with Gasteiger partial charge in [-0.15, -0.1) is 0 Å². The lowest BCUT2D eigenvalue weighted by Gasteiger charge is -2.42. The fraction of sp³-hybridized carbons (Fsp3) is 0.545. The van der Waals surface area contributed by atoms with Crippen LogP contribution < -0.4 is 14.9 Å². The molecule has 22 heteroatoms. The number of rotatable bonds is 9. The number of hydrogen-bond acceptors (Lipinski definition) is 22. The van der Waals surface area contributed by atoms with Crippen molar-refractivity contribution in [2.75, 3.05) is 13.2 Å². The minimum absolute atomic E-state index is 0.356. The number of fused-ring (bicyclic) bond motifs is 1. The first-order chi connectivity index (χ1) is 25.9. The summed E-state index contributed by atoms with van der Waals surface area (Å²) >= 11 is 0. The first kappa shape index (κ1) is 40.6. The number of aliphatic hydroxyl groups excluding tert-OH is 10. The van der Waals surface area contributed by atoms with Crippen LogP contribution in [0.4, 0.5) is 0 Å². The summed E-state index contributed by atoms with van der Waals surface area (Å²) in [5.41, 5.74) is -2.05. The number of phenols is 4. The van der Waals surface area contributed by atoms with Gasteiger partial charge in [-0.2, -0.15) is 0 Å². The molecule has 6 rings (SSSR count). The Hall–Kier alpha value is -4.11. The van der Waals surface area contributed by atoms with Crippen molar-refractivity contribution in [2.24, 2.45) is 0 Å². The van der Waals surface area contributed by atoms with E-state index in [1.54, 1.807) is 0 Å². The molecule has 3 aliphatic rings. The van der Waals surface area contributed by atoms with E-state index in [9.17, 15) is 76.3 Å². The fourth-order valence-corrected chi connectivity index (χ4v) is 6.27. The van der Waals surface area contributed by atoms with Crippen molar-refractivity contribution >= 4 is 11.0 Å². The highest BCUT2D eigenvalue weighted by molar-refractivity contribution is 5.88. The van der Waals surface area contributed by atoms with Crippen LogP contribution in [0, 0.1) is 0 Å². The standard InChI is InChI=1S/C33H40O22/c1-8-18(38)23(43)26(46)31(50-8)49-7-16-21(41)25(45)28(48)33(54-16)55-30-22(42)17-11(35)4-10(51-32-27(47)24(44)20(40)15(6-34)53-32)5-14(17)52-29(30)9-2-12(36)19(39)13(37)3-9/h2-5,8,15-16,18,20-21,23-28,31-41,43-48H,6-7H2,1H3/t8?,15?,16?,18-,20+,21+,23-,24-,25?,26?,27?,28?,31+,32+,33-/m0/s1. The van der Waals surface area contributed by atoms with Crippen molar-refractivity contribution in [1.82, 2.24) is 0 Å². The highest BCUT2D eigenvalue weighted by atomic mass is 16.7. The second-order valence-electron chi connectivity index (χ2n) is 13.2. The predicted octanol–water partition coefficient (Wildman–Crippen LogP) is -4.51. The molecule has 1 aromatic heterocycles. The lowest BCUT2D eigenvalue weighted by Crippen LogP contribution is -2.61. The monoisotopic (exact) mass is 788 g/mol. The lowest BCUT2D eigenvalue weighted by molar-refractivity contribution is -0.318. The Morgan fingerprint density at radius 3 is 1.78 bits per heavy atom. The van der Waals surface area contributed by atoms with Crippen LogP contribution in [0.3, 0.4) is 0 Å². The zero-order valence-corrected chi connectivity index (χ0v) is 28.4. The zero-order valence-electron chi connectivity index (χ0n) is 28.4. The van der Waals surface area contributed by atoms with Gasteiger partial charge in [0.25, 0.3) is 0 Å². The van der Waals surface area contributed by atoms with E-state index in [0.717, 1.165) is 24.3 Å². The van der Waals surface area contributed by atoms with Gasteiger partial charge in [0.2, 0.25) is 23.8 Å². The molecular formula is C33H40O22. The van der Waals surface area contributed by atoms with Crippen LogP contribution >= 0.6 is 0 Å². The quantitative estimate of drug-likeness (QED) is 0.0908. The lowest BCUT2D eigenvalue weighted by atomic mass is 9.98. The van der Waals surface area contributed by atoms with Crippen LogP contribution in [0.1, 0.15) is 6.92 Å². The highest BCUT2D eigenvalue weighted by Gasteiger charge is 2.48. The van der Waals surface area contributed by atoms with Gasteiger partial charge in [-0.25, -0.2) is 0 Å². The van der Waals surface area contributed by atoms with E-state index in [1.807, 2.05) is 0 Å². The van der Waals surface area contributed by atoms with E-state index < -0.39 is 156 Å². The van der Waals surface area contributed by atoms with E-state index in [1.165, 1.54) is 6.92 Å². The highest BCUT2D eigenvalue weighted by Crippen LogP contribution is 2.43. The van der Waals surface area contributed by atoms with Crippen LogP contribution in [0.25, 0.3) is 22.3 Å². The van der Waals surface area contributed by atoms with E-state index in [2.05, 4.69) is 0 Å². The number of phenolic OH excluding ortho intramolecular Hbond substituents is 4. The van der Waals surface area contributed by atoms with Crippen molar-refractivity contribution in [3.05, 3.63) is 34.5 Å². The topological polar surface area (TPSA) is 369 Å². The average molecular weight is 789 g/mol. The SMILES string of the molecule is CC1O[C@@H](OCC2O[C@@H](Oc3c(-c4cc(O)c(O)c(O)c4)oc4cc(O[C@@H]5OC(CO)[C@@H](O)[C@H](O)C5O)cc(O)c4c3=O)C(O)C(O)[C@@H]2O)C(O)[C@@H](O)[C@H]1O. The second-order valence-corrected chi connectivity index (χ2v) is 13.2. The minimum Gasteiger partial charge on any atom is -0.507 e. The molecule has 0 radical (unpaired) electrons. The maximum atomic E-state index is 14.1. The molecule has 0 aliphatic carbocycles. The molecule has 3 saturated heterocycles. The van der Waals surface area contributed by atoms with Gasteiger partial charge in [0.05, 0.1) is 19.3 Å². The van der Waals surface area contributed by atoms with Gasteiger partial charge in [0.1, 0.15) is 89.6 Å². The summed E-state index contributed by atoms with van der Waals surface area (Å²) in [7, 11) is 0. The molecule has 55 heavy (non-hydrogen) atoms. The summed E-state index contributed by atoms with van der Waals surface area (Å²) in [6.07, 6.45) is -25.6. The smallest absolute Gasteiger partial charge is 0.239 e. The number of ether oxygens (including phenoxy) is 6. The average Bonchev–Trinajstić information content (AvgIpc) is 3.15. The molecule has 3 aromatic rings. The van der Waals surface area contributed by atoms with E-state index in [4.69, 9.17) is 32.8 Å². The third-order valence-corrected chi connectivity index (χ3v) is 9.47. The van der Waals surface area contributed by atoms with Gasteiger partial charge in [0.15, 0.2) is 29.3 Å². The zero-order chi connectivity index (χ0) is 40.2. The molecule has 14 N–H and O–H groups in total. The largest absolute Gasteiger partial charge is 0.507 e. The molecule has 304 valence electrons. The van der Waals surface area contributed by atoms with Gasteiger partial charge in [-0.05, 0) is 19.1 Å². The van der Waals surface area contributed by atoms with Crippen molar-refractivity contribution in [3.8, 4) is 45.8 Å². The molecule has 3 fully saturated rings. The minimum atomic E-state index is -2.10. The van der Waals surface area contributed by atoms with Crippen LogP contribution in [-0.2, 0) is 18.9 Å².